The molecule has 152 valence electrons. The third kappa shape index (κ3) is 3.33. The topological polar surface area (TPSA) is 108 Å². The molecule has 4 aromatic rings. The van der Waals surface area contributed by atoms with Gasteiger partial charge in [0.25, 0.3) is 5.91 Å². The minimum absolute atomic E-state index is 0.133. The van der Waals surface area contributed by atoms with Gasteiger partial charge in [-0.15, -0.1) is 0 Å². The lowest BCUT2D eigenvalue weighted by atomic mass is 10.1. The SMILES string of the molecule is O=C(Nc1ccc2nc(-c3ccco3)[nH]c2c1)c1cccc(N2CCCS2(=O)=O)c1. The highest BCUT2D eigenvalue weighted by molar-refractivity contribution is 7.93. The number of nitrogens with zero attached hydrogens (tertiary/aromatic N) is 2. The van der Waals surface area contributed by atoms with Gasteiger partial charge in [-0.1, -0.05) is 6.07 Å². The summed E-state index contributed by atoms with van der Waals surface area (Å²) in [7, 11) is -3.30. The van der Waals surface area contributed by atoms with Crippen molar-refractivity contribution < 1.29 is 17.6 Å². The van der Waals surface area contributed by atoms with E-state index in [9.17, 15) is 13.2 Å². The quantitative estimate of drug-likeness (QED) is 0.522. The van der Waals surface area contributed by atoms with Crippen molar-refractivity contribution in [3.05, 3.63) is 66.4 Å². The van der Waals surface area contributed by atoms with Crippen LogP contribution in [-0.2, 0) is 10.0 Å². The first-order valence-corrected chi connectivity index (χ1v) is 11.1. The van der Waals surface area contributed by atoms with Crippen LogP contribution in [0.5, 0.6) is 0 Å². The summed E-state index contributed by atoms with van der Waals surface area (Å²) in [6, 6.07) is 15.6. The minimum Gasteiger partial charge on any atom is -0.461 e. The van der Waals surface area contributed by atoms with Crippen LogP contribution in [0.25, 0.3) is 22.6 Å². The van der Waals surface area contributed by atoms with Gasteiger partial charge in [0.2, 0.25) is 10.0 Å². The number of hydrogen-bond donors (Lipinski definition) is 2. The van der Waals surface area contributed by atoms with Crippen LogP contribution in [-0.4, -0.2) is 36.6 Å². The first kappa shape index (κ1) is 18.4. The van der Waals surface area contributed by atoms with Gasteiger partial charge in [0.1, 0.15) is 0 Å². The Balaban J connectivity index is 1.39. The van der Waals surface area contributed by atoms with E-state index < -0.39 is 10.0 Å². The zero-order valence-corrected chi connectivity index (χ0v) is 16.6. The molecule has 30 heavy (non-hydrogen) atoms. The number of hydrogen-bond acceptors (Lipinski definition) is 5. The summed E-state index contributed by atoms with van der Waals surface area (Å²) < 4.78 is 31.0. The maximum Gasteiger partial charge on any atom is 0.255 e. The molecule has 2 aromatic carbocycles. The molecule has 3 heterocycles. The number of carbonyl (C=O) groups is 1. The molecule has 1 saturated heterocycles. The van der Waals surface area contributed by atoms with Gasteiger partial charge in [-0.3, -0.25) is 9.10 Å². The highest BCUT2D eigenvalue weighted by Crippen LogP contribution is 2.26. The summed E-state index contributed by atoms with van der Waals surface area (Å²) in [5.74, 6) is 1.05. The summed E-state index contributed by atoms with van der Waals surface area (Å²) in [5, 5.41) is 2.85. The van der Waals surface area contributed by atoms with E-state index in [2.05, 4.69) is 15.3 Å². The van der Waals surface area contributed by atoms with Gasteiger partial charge in [0.05, 0.1) is 28.7 Å². The predicted molar refractivity (Wildman–Crippen MR) is 114 cm³/mol. The summed E-state index contributed by atoms with van der Waals surface area (Å²) in [6.07, 6.45) is 2.17. The molecule has 0 radical (unpaired) electrons. The molecule has 1 fully saturated rings. The largest absolute Gasteiger partial charge is 0.461 e. The Bertz CT molecular complexity index is 1340. The number of aromatic nitrogens is 2. The zero-order valence-electron chi connectivity index (χ0n) is 15.8. The number of aromatic amines is 1. The van der Waals surface area contributed by atoms with Crippen LogP contribution < -0.4 is 9.62 Å². The van der Waals surface area contributed by atoms with E-state index in [0.717, 1.165) is 11.0 Å². The van der Waals surface area contributed by atoms with Crippen LogP contribution in [0.4, 0.5) is 11.4 Å². The van der Waals surface area contributed by atoms with E-state index in [1.165, 1.54) is 4.31 Å². The molecular formula is C21H18N4O4S. The number of imidazole rings is 1. The number of H-pyrrole nitrogens is 1. The molecule has 8 nitrogen and oxygen atoms in total. The fraction of sp³-hybridized carbons (Fsp3) is 0.143. The van der Waals surface area contributed by atoms with E-state index in [-0.39, 0.29) is 11.7 Å². The fourth-order valence-corrected chi connectivity index (χ4v) is 5.11. The molecule has 0 spiro atoms. The van der Waals surface area contributed by atoms with Crippen LogP contribution in [0.1, 0.15) is 16.8 Å². The maximum absolute atomic E-state index is 12.8. The Morgan fingerprint density at radius 3 is 2.80 bits per heavy atom. The average Bonchev–Trinajstić information content (AvgIpc) is 3.46. The van der Waals surface area contributed by atoms with Crippen molar-refractivity contribution in [3.63, 3.8) is 0 Å². The molecule has 2 aromatic heterocycles. The van der Waals surface area contributed by atoms with Crippen molar-refractivity contribution in [1.29, 1.82) is 0 Å². The smallest absolute Gasteiger partial charge is 0.255 e. The second kappa shape index (κ2) is 7.03. The molecule has 1 amide bonds. The number of furan rings is 1. The summed E-state index contributed by atoms with van der Waals surface area (Å²) >= 11 is 0. The highest BCUT2D eigenvalue weighted by atomic mass is 32.2. The third-order valence-electron chi connectivity index (χ3n) is 4.99. The number of carbonyl (C=O) groups excluding carboxylic acids is 1. The summed E-state index contributed by atoms with van der Waals surface area (Å²) in [6.45, 7) is 0.432. The van der Waals surface area contributed by atoms with Crippen LogP contribution in [0.3, 0.4) is 0 Å². The Morgan fingerprint density at radius 2 is 2.03 bits per heavy atom. The number of benzene rings is 2. The lowest BCUT2D eigenvalue weighted by Crippen LogP contribution is -2.25. The van der Waals surface area contributed by atoms with Crippen molar-refractivity contribution in [3.8, 4) is 11.6 Å². The van der Waals surface area contributed by atoms with Crippen molar-refractivity contribution in [2.75, 3.05) is 21.9 Å². The van der Waals surface area contributed by atoms with Crippen LogP contribution >= 0.6 is 0 Å². The molecule has 9 heteroatoms. The number of rotatable bonds is 4. The Hall–Kier alpha value is -3.59. The van der Waals surface area contributed by atoms with E-state index in [1.54, 1.807) is 54.8 Å². The number of fused-ring (bicyclic) bond motifs is 1. The molecule has 0 saturated carbocycles. The molecule has 1 aliphatic rings. The van der Waals surface area contributed by atoms with Crippen LogP contribution in [0.15, 0.2) is 65.3 Å². The van der Waals surface area contributed by atoms with Crippen molar-refractivity contribution in [2.45, 2.75) is 6.42 Å². The second-order valence-corrected chi connectivity index (χ2v) is 9.05. The first-order chi connectivity index (χ1) is 14.5. The Labute approximate surface area is 172 Å². The third-order valence-corrected chi connectivity index (χ3v) is 6.86. The van der Waals surface area contributed by atoms with Crippen molar-refractivity contribution in [2.24, 2.45) is 0 Å². The summed E-state index contributed by atoms with van der Waals surface area (Å²) in [5.41, 5.74) is 3.00. The Kier molecular flexibility index (Phi) is 4.32. The number of sulfonamides is 1. The molecule has 0 bridgehead atoms. The van der Waals surface area contributed by atoms with Gasteiger partial charge in [-0.2, -0.15) is 0 Å². The minimum atomic E-state index is -3.30. The predicted octanol–water partition coefficient (Wildman–Crippen LogP) is 3.62. The van der Waals surface area contributed by atoms with E-state index >= 15 is 0 Å². The van der Waals surface area contributed by atoms with Crippen molar-refractivity contribution in [1.82, 2.24) is 9.97 Å². The van der Waals surface area contributed by atoms with Gasteiger partial charge in [0.15, 0.2) is 11.6 Å². The van der Waals surface area contributed by atoms with E-state index in [0.29, 0.717) is 41.5 Å². The molecule has 0 unspecified atom stereocenters. The van der Waals surface area contributed by atoms with Gasteiger partial charge in [0, 0.05) is 17.8 Å². The molecular weight excluding hydrogens is 404 g/mol. The second-order valence-electron chi connectivity index (χ2n) is 7.04. The number of amides is 1. The lowest BCUT2D eigenvalue weighted by Gasteiger charge is -2.17. The van der Waals surface area contributed by atoms with Gasteiger partial charge in [-0.25, -0.2) is 13.4 Å². The number of nitrogens with one attached hydrogen (secondary N) is 2. The van der Waals surface area contributed by atoms with Gasteiger partial charge >= 0.3 is 0 Å². The molecule has 0 aliphatic carbocycles. The van der Waals surface area contributed by atoms with Gasteiger partial charge < -0.3 is 14.7 Å². The standard InChI is InChI=1S/C21H18N4O4S/c26-21(14-4-1-5-16(12-14)25-9-3-11-30(25,27)28)22-15-7-8-17-18(13-15)24-20(23-17)19-6-2-10-29-19/h1-2,4-8,10,12-13H,3,9,11H2,(H,22,26)(H,23,24). The zero-order chi connectivity index (χ0) is 20.7. The highest BCUT2D eigenvalue weighted by Gasteiger charge is 2.28. The van der Waals surface area contributed by atoms with Crippen LogP contribution in [0, 0.1) is 0 Å². The molecule has 2 N–H and O–H groups in total. The van der Waals surface area contributed by atoms with Gasteiger partial charge in [-0.05, 0) is 55.0 Å². The fourth-order valence-electron chi connectivity index (χ4n) is 3.55. The monoisotopic (exact) mass is 422 g/mol. The van der Waals surface area contributed by atoms with E-state index in [4.69, 9.17) is 4.42 Å². The number of anilines is 2. The normalized spacial score (nSPS) is 15.5. The lowest BCUT2D eigenvalue weighted by molar-refractivity contribution is 0.102. The molecule has 0 atom stereocenters. The first-order valence-electron chi connectivity index (χ1n) is 9.45. The van der Waals surface area contributed by atoms with Crippen LogP contribution in [0.2, 0.25) is 0 Å². The van der Waals surface area contributed by atoms with Crippen molar-refractivity contribution >= 4 is 38.3 Å². The molecule has 1 aliphatic heterocycles. The Morgan fingerprint density at radius 1 is 1.13 bits per heavy atom. The average molecular weight is 422 g/mol. The van der Waals surface area contributed by atoms with E-state index in [1.807, 2.05) is 6.07 Å². The maximum atomic E-state index is 12.8. The molecule has 5 rings (SSSR count). The summed E-state index contributed by atoms with van der Waals surface area (Å²) in [4.78, 5) is 20.4.